The van der Waals surface area contributed by atoms with Crippen LogP contribution in [0.3, 0.4) is 0 Å². The van der Waals surface area contributed by atoms with Gasteiger partial charge in [-0.3, -0.25) is 0 Å². The Hall–Kier alpha value is -1.13. The van der Waals surface area contributed by atoms with Crippen molar-refractivity contribution >= 4 is 21.9 Å². The third-order valence-electron chi connectivity index (χ3n) is 2.34. The first-order valence-electron chi connectivity index (χ1n) is 4.44. The van der Waals surface area contributed by atoms with Crippen LogP contribution < -0.4 is 0 Å². The number of aliphatic hydroxyl groups is 1. The number of carbonyl (C=O) groups excluding carboxylic acids is 1. The molecule has 1 aromatic carbocycles. The van der Waals surface area contributed by atoms with E-state index in [9.17, 15) is 9.90 Å². The molecule has 0 fully saturated rings. The lowest BCUT2D eigenvalue weighted by Gasteiger charge is -2.22. The van der Waals surface area contributed by atoms with E-state index < -0.39 is 11.8 Å². The predicted octanol–water partition coefficient (Wildman–Crippen LogP) is 2.06. The Morgan fingerprint density at radius 3 is 2.40 bits per heavy atom. The maximum atomic E-state index is 11.3. The van der Waals surface area contributed by atoms with Crippen molar-refractivity contribution in [1.82, 2.24) is 0 Å². The molecule has 3 nitrogen and oxygen atoms in total. The van der Waals surface area contributed by atoms with Crippen LogP contribution in [-0.4, -0.2) is 11.1 Å². The molecule has 0 aromatic heterocycles. The minimum atomic E-state index is -1.66. The van der Waals surface area contributed by atoms with Crippen LogP contribution in [-0.2, 0) is 15.3 Å². The molecule has 0 radical (unpaired) electrons. The Morgan fingerprint density at radius 2 is 1.93 bits per heavy atom. The number of rotatable bonds is 1. The molecular weight excluding hydrogens is 260 g/mol. The van der Waals surface area contributed by atoms with Crippen molar-refractivity contribution in [3.8, 4) is 0 Å². The minimum absolute atomic E-state index is 0.367. The molecule has 0 saturated heterocycles. The van der Waals surface area contributed by atoms with Crippen LogP contribution in [0.15, 0.2) is 40.4 Å². The van der Waals surface area contributed by atoms with Gasteiger partial charge in [0, 0.05) is 5.56 Å². The van der Waals surface area contributed by atoms with Gasteiger partial charge in [-0.2, -0.15) is 0 Å². The van der Waals surface area contributed by atoms with E-state index in [2.05, 4.69) is 15.9 Å². The molecule has 1 aliphatic heterocycles. The van der Waals surface area contributed by atoms with E-state index in [0.29, 0.717) is 15.6 Å². The SMILES string of the molecule is CC1=C(Br)[C@](O)(c2ccccc2)OC1=O. The van der Waals surface area contributed by atoms with Gasteiger partial charge in [0.25, 0.3) is 5.79 Å². The van der Waals surface area contributed by atoms with Gasteiger partial charge in [0.05, 0.1) is 10.1 Å². The van der Waals surface area contributed by atoms with Crippen molar-refractivity contribution in [2.45, 2.75) is 12.7 Å². The molecule has 0 spiro atoms. The van der Waals surface area contributed by atoms with E-state index in [4.69, 9.17) is 4.74 Å². The normalized spacial score (nSPS) is 25.7. The molecular formula is C11H9BrO3. The Labute approximate surface area is 95.5 Å². The van der Waals surface area contributed by atoms with Crippen molar-refractivity contribution in [3.63, 3.8) is 0 Å². The number of carbonyl (C=O) groups is 1. The topological polar surface area (TPSA) is 46.5 Å². The number of cyclic esters (lactones) is 1. The lowest BCUT2D eigenvalue weighted by molar-refractivity contribution is -0.183. The zero-order valence-corrected chi connectivity index (χ0v) is 9.61. The summed E-state index contributed by atoms with van der Waals surface area (Å²) in [7, 11) is 0. The van der Waals surface area contributed by atoms with Gasteiger partial charge >= 0.3 is 5.97 Å². The Balaban J connectivity index is 2.51. The van der Waals surface area contributed by atoms with E-state index in [1.165, 1.54) is 0 Å². The molecule has 1 aromatic rings. The number of ether oxygens (including phenoxy) is 1. The molecule has 1 aliphatic rings. The Kier molecular flexibility index (Phi) is 2.40. The first-order chi connectivity index (χ1) is 7.05. The van der Waals surface area contributed by atoms with Gasteiger partial charge in [0.2, 0.25) is 0 Å². The van der Waals surface area contributed by atoms with Gasteiger partial charge < -0.3 is 9.84 Å². The van der Waals surface area contributed by atoms with Gasteiger partial charge in [0.1, 0.15) is 0 Å². The third kappa shape index (κ3) is 1.50. The Morgan fingerprint density at radius 1 is 1.33 bits per heavy atom. The summed E-state index contributed by atoms with van der Waals surface area (Å²) in [5.41, 5.74) is 0.920. The van der Waals surface area contributed by atoms with Crippen LogP contribution in [0.1, 0.15) is 12.5 Å². The van der Waals surface area contributed by atoms with Gasteiger partial charge in [-0.1, -0.05) is 30.3 Å². The number of esters is 1. The second-order valence-electron chi connectivity index (χ2n) is 3.34. The van der Waals surface area contributed by atoms with E-state index in [0.717, 1.165) is 0 Å². The predicted molar refractivity (Wildman–Crippen MR) is 58.1 cm³/mol. The monoisotopic (exact) mass is 268 g/mol. The highest BCUT2D eigenvalue weighted by Crippen LogP contribution is 2.42. The first kappa shape index (κ1) is 10.4. The van der Waals surface area contributed by atoms with Crippen LogP contribution in [0, 0.1) is 0 Å². The minimum Gasteiger partial charge on any atom is -0.420 e. The maximum Gasteiger partial charge on any atom is 0.337 e. The average Bonchev–Trinajstić information content (AvgIpc) is 2.45. The quantitative estimate of drug-likeness (QED) is 0.794. The van der Waals surface area contributed by atoms with Crippen LogP contribution >= 0.6 is 15.9 Å². The first-order valence-corrected chi connectivity index (χ1v) is 5.23. The molecule has 15 heavy (non-hydrogen) atoms. The highest BCUT2D eigenvalue weighted by molar-refractivity contribution is 9.11. The largest absolute Gasteiger partial charge is 0.420 e. The summed E-state index contributed by atoms with van der Waals surface area (Å²) in [5, 5.41) is 10.2. The zero-order valence-electron chi connectivity index (χ0n) is 8.03. The van der Waals surface area contributed by atoms with Crippen LogP contribution in [0.5, 0.6) is 0 Å². The fraction of sp³-hybridized carbons (Fsp3) is 0.182. The highest BCUT2D eigenvalue weighted by Gasteiger charge is 2.45. The summed E-state index contributed by atoms with van der Waals surface area (Å²) in [6, 6.07) is 8.78. The van der Waals surface area contributed by atoms with Crippen LogP contribution in [0.4, 0.5) is 0 Å². The van der Waals surface area contributed by atoms with Crippen molar-refractivity contribution in [2.24, 2.45) is 0 Å². The van der Waals surface area contributed by atoms with Crippen molar-refractivity contribution in [1.29, 1.82) is 0 Å². The molecule has 1 atom stereocenters. The molecule has 4 heteroatoms. The number of hydrogen-bond acceptors (Lipinski definition) is 3. The molecule has 0 saturated carbocycles. The molecule has 1 heterocycles. The average molecular weight is 269 g/mol. The van der Waals surface area contributed by atoms with E-state index in [-0.39, 0.29) is 0 Å². The molecule has 2 rings (SSSR count). The fourth-order valence-corrected chi connectivity index (χ4v) is 1.92. The zero-order chi connectivity index (χ0) is 11.1. The second-order valence-corrected chi connectivity index (χ2v) is 4.13. The maximum absolute atomic E-state index is 11.3. The summed E-state index contributed by atoms with van der Waals surface area (Å²) >= 11 is 3.19. The molecule has 0 amide bonds. The van der Waals surface area contributed by atoms with Crippen molar-refractivity contribution in [3.05, 3.63) is 46.0 Å². The molecule has 1 N–H and O–H groups in total. The molecule has 0 aliphatic carbocycles. The van der Waals surface area contributed by atoms with Crippen molar-refractivity contribution in [2.75, 3.05) is 0 Å². The Bertz CT molecular complexity index is 438. The molecule has 0 bridgehead atoms. The lowest BCUT2D eigenvalue weighted by Crippen LogP contribution is -2.26. The lowest BCUT2D eigenvalue weighted by atomic mass is 10.1. The smallest absolute Gasteiger partial charge is 0.337 e. The number of halogens is 1. The molecule has 78 valence electrons. The fourth-order valence-electron chi connectivity index (χ4n) is 1.45. The van der Waals surface area contributed by atoms with Gasteiger partial charge in [-0.15, -0.1) is 0 Å². The van der Waals surface area contributed by atoms with Crippen LogP contribution in [0.2, 0.25) is 0 Å². The number of benzene rings is 1. The standard InChI is InChI=1S/C11H9BrO3/c1-7-9(12)11(14,15-10(7)13)8-5-3-2-4-6-8/h2-6,14H,1H3/t11-/m0/s1. The summed E-state index contributed by atoms with van der Waals surface area (Å²) in [6.07, 6.45) is 0. The van der Waals surface area contributed by atoms with Gasteiger partial charge in [-0.25, -0.2) is 4.79 Å². The summed E-state index contributed by atoms with van der Waals surface area (Å²) in [6.45, 7) is 1.60. The summed E-state index contributed by atoms with van der Waals surface area (Å²) in [4.78, 5) is 11.3. The van der Waals surface area contributed by atoms with Gasteiger partial charge in [-0.05, 0) is 22.9 Å². The van der Waals surface area contributed by atoms with Crippen molar-refractivity contribution < 1.29 is 14.6 Å². The summed E-state index contributed by atoms with van der Waals surface area (Å²) in [5.74, 6) is -2.17. The van der Waals surface area contributed by atoms with E-state index in [1.54, 1.807) is 31.2 Å². The summed E-state index contributed by atoms with van der Waals surface area (Å²) < 4.78 is 5.32. The van der Waals surface area contributed by atoms with E-state index >= 15 is 0 Å². The molecule has 0 unspecified atom stereocenters. The highest BCUT2D eigenvalue weighted by atomic mass is 79.9. The van der Waals surface area contributed by atoms with E-state index in [1.807, 2.05) is 6.07 Å². The third-order valence-corrected chi connectivity index (χ3v) is 3.47. The van der Waals surface area contributed by atoms with Gasteiger partial charge in [0.15, 0.2) is 0 Å². The van der Waals surface area contributed by atoms with Crippen LogP contribution in [0.25, 0.3) is 0 Å². The number of hydrogen-bond donors (Lipinski definition) is 1. The second kappa shape index (κ2) is 3.47.